The van der Waals surface area contributed by atoms with Gasteiger partial charge in [0.2, 0.25) is 0 Å². The SMILES string of the molecule is Cc1cc(C=N[C@@H]2CCCC[C@H]2N=Cc2cc(C(C)(C)C)cc(C(C)(C)C)c2O)c(O)c(C(C)(C)C)c1. The molecule has 2 atom stereocenters. The standard InChI is InChI=1S/C33H48N2O2/c1-21-15-22(29(36)25(16-21)32(5,6)7)19-34-27-13-11-12-14-28(27)35-20-23-17-24(31(2,3)4)18-26(30(23)37)33(8,9)10/h15-20,27-28,36-37H,11-14H2,1-10H3/t27-,28-/m1/s1. The molecular formula is C33H48N2O2. The van der Waals surface area contributed by atoms with Crippen molar-refractivity contribution in [3.63, 3.8) is 0 Å². The number of aliphatic imine (C=N–C) groups is 2. The van der Waals surface area contributed by atoms with Crippen LogP contribution in [-0.2, 0) is 16.2 Å². The molecular weight excluding hydrogens is 456 g/mol. The second-order valence-corrected chi connectivity index (χ2v) is 13.9. The van der Waals surface area contributed by atoms with Crippen LogP contribution in [0.3, 0.4) is 0 Å². The first-order valence-electron chi connectivity index (χ1n) is 13.8. The van der Waals surface area contributed by atoms with Gasteiger partial charge < -0.3 is 10.2 Å². The van der Waals surface area contributed by atoms with E-state index in [1.54, 1.807) is 0 Å². The molecule has 0 saturated heterocycles. The van der Waals surface area contributed by atoms with Crippen LogP contribution in [0.5, 0.6) is 11.5 Å². The highest BCUT2D eigenvalue weighted by molar-refractivity contribution is 5.86. The zero-order valence-electron chi connectivity index (χ0n) is 24.7. The number of phenolic OH excluding ortho intramolecular Hbond substituents is 2. The lowest BCUT2D eigenvalue weighted by Crippen LogP contribution is -2.27. The van der Waals surface area contributed by atoms with E-state index < -0.39 is 0 Å². The second kappa shape index (κ2) is 10.6. The lowest BCUT2D eigenvalue weighted by atomic mass is 9.79. The first kappa shape index (κ1) is 28.9. The first-order chi connectivity index (χ1) is 17.0. The Kier molecular flexibility index (Phi) is 8.32. The van der Waals surface area contributed by atoms with Crippen molar-refractivity contribution in [3.05, 3.63) is 57.6 Å². The molecule has 37 heavy (non-hydrogen) atoms. The monoisotopic (exact) mass is 504 g/mol. The smallest absolute Gasteiger partial charge is 0.128 e. The van der Waals surface area contributed by atoms with E-state index in [2.05, 4.69) is 87.4 Å². The minimum atomic E-state index is -0.173. The summed E-state index contributed by atoms with van der Waals surface area (Å²) in [6.07, 6.45) is 7.89. The van der Waals surface area contributed by atoms with Crippen LogP contribution < -0.4 is 0 Å². The number of aromatic hydroxyl groups is 2. The molecule has 0 aromatic heterocycles. The maximum absolute atomic E-state index is 11.2. The van der Waals surface area contributed by atoms with Crippen molar-refractivity contribution in [1.82, 2.24) is 0 Å². The summed E-state index contributed by atoms with van der Waals surface area (Å²) in [4.78, 5) is 9.94. The van der Waals surface area contributed by atoms with Gasteiger partial charge in [0.15, 0.2) is 0 Å². The lowest BCUT2D eigenvalue weighted by molar-refractivity contribution is 0.389. The fourth-order valence-corrected chi connectivity index (χ4v) is 5.03. The fraction of sp³-hybridized carbons (Fsp3) is 0.576. The topological polar surface area (TPSA) is 65.2 Å². The van der Waals surface area contributed by atoms with Crippen LogP contribution in [0.2, 0.25) is 0 Å². The van der Waals surface area contributed by atoms with E-state index in [0.29, 0.717) is 11.5 Å². The van der Waals surface area contributed by atoms with Crippen LogP contribution >= 0.6 is 0 Å². The van der Waals surface area contributed by atoms with Crippen molar-refractivity contribution in [2.75, 3.05) is 0 Å². The van der Waals surface area contributed by atoms with Crippen LogP contribution in [0.4, 0.5) is 0 Å². The van der Waals surface area contributed by atoms with Gasteiger partial charge in [0, 0.05) is 34.7 Å². The van der Waals surface area contributed by atoms with E-state index in [1.807, 2.05) is 18.5 Å². The molecule has 2 aromatic carbocycles. The number of aryl methyl sites for hydroxylation is 1. The van der Waals surface area contributed by atoms with E-state index in [1.165, 1.54) is 5.56 Å². The van der Waals surface area contributed by atoms with Crippen molar-refractivity contribution in [2.24, 2.45) is 9.98 Å². The van der Waals surface area contributed by atoms with E-state index in [0.717, 1.165) is 53.5 Å². The molecule has 202 valence electrons. The molecule has 3 rings (SSSR count). The number of hydrogen-bond acceptors (Lipinski definition) is 4. The maximum atomic E-state index is 11.2. The summed E-state index contributed by atoms with van der Waals surface area (Å²) >= 11 is 0. The van der Waals surface area contributed by atoms with Gasteiger partial charge in [-0.2, -0.15) is 0 Å². The summed E-state index contributed by atoms with van der Waals surface area (Å²) in [5.74, 6) is 0.635. The summed E-state index contributed by atoms with van der Waals surface area (Å²) in [5, 5.41) is 22.1. The van der Waals surface area contributed by atoms with E-state index in [4.69, 9.17) is 9.98 Å². The van der Waals surface area contributed by atoms with Gasteiger partial charge in [-0.15, -0.1) is 0 Å². The van der Waals surface area contributed by atoms with Gasteiger partial charge in [-0.05, 0) is 59.3 Å². The van der Waals surface area contributed by atoms with E-state index in [-0.39, 0.29) is 28.3 Å². The highest BCUT2D eigenvalue weighted by atomic mass is 16.3. The van der Waals surface area contributed by atoms with Crippen LogP contribution in [0, 0.1) is 6.92 Å². The molecule has 1 fully saturated rings. The predicted molar refractivity (Wildman–Crippen MR) is 158 cm³/mol. The molecule has 0 amide bonds. The molecule has 0 radical (unpaired) electrons. The number of hydrogen-bond donors (Lipinski definition) is 2. The number of rotatable bonds is 4. The Labute approximate surface area is 225 Å². The summed E-state index contributed by atoms with van der Waals surface area (Å²) in [5.41, 5.74) is 5.39. The lowest BCUT2D eigenvalue weighted by Gasteiger charge is -2.28. The average molecular weight is 505 g/mol. The molecule has 1 aliphatic rings. The number of phenols is 2. The van der Waals surface area contributed by atoms with Gasteiger partial charge in [0.25, 0.3) is 0 Å². The third-order valence-corrected chi connectivity index (χ3v) is 7.41. The molecule has 2 N–H and O–H groups in total. The van der Waals surface area contributed by atoms with Gasteiger partial charge in [-0.25, -0.2) is 0 Å². The van der Waals surface area contributed by atoms with Gasteiger partial charge in [-0.3, -0.25) is 9.98 Å². The van der Waals surface area contributed by atoms with Gasteiger partial charge >= 0.3 is 0 Å². The highest BCUT2D eigenvalue weighted by Gasteiger charge is 2.27. The molecule has 0 aliphatic heterocycles. The molecule has 2 aromatic rings. The summed E-state index contributed by atoms with van der Waals surface area (Å²) < 4.78 is 0. The van der Waals surface area contributed by atoms with Crippen LogP contribution in [0.15, 0.2) is 34.3 Å². The Morgan fingerprint density at radius 1 is 0.649 bits per heavy atom. The van der Waals surface area contributed by atoms with Crippen molar-refractivity contribution in [2.45, 2.75) is 123 Å². The molecule has 0 unspecified atom stereocenters. The summed E-state index contributed by atoms with van der Waals surface area (Å²) in [7, 11) is 0. The first-order valence-corrected chi connectivity index (χ1v) is 13.8. The Balaban J connectivity index is 1.95. The van der Waals surface area contributed by atoms with Crippen LogP contribution in [0.1, 0.15) is 121 Å². The molecule has 0 spiro atoms. The van der Waals surface area contributed by atoms with Gasteiger partial charge in [0.05, 0.1) is 12.1 Å². The van der Waals surface area contributed by atoms with Crippen molar-refractivity contribution in [3.8, 4) is 11.5 Å². The molecule has 0 heterocycles. The van der Waals surface area contributed by atoms with Crippen LogP contribution in [-0.4, -0.2) is 34.7 Å². The normalized spacial score (nSPS) is 19.7. The second-order valence-electron chi connectivity index (χ2n) is 13.9. The largest absolute Gasteiger partial charge is 0.507 e. The minimum Gasteiger partial charge on any atom is -0.507 e. The number of benzene rings is 2. The van der Waals surface area contributed by atoms with E-state index in [9.17, 15) is 10.2 Å². The summed E-state index contributed by atoms with van der Waals surface area (Å²) in [6.45, 7) is 21.4. The molecule has 1 aliphatic carbocycles. The predicted octanol–water partition coefficient (Wildman–Crippen LogP) is 8.15. The Morgan fingerprint density at radius 3 is 1.51 bits per heavy atom. The third-order valence-electron chi connectivity index (χ3n) is 7.41. The maximum Gasteiger partial charge on any atom is 0.128 e. The van der Waals surface area contributed by atoms with Crippen molar-refractivity contribution >= 4 is 12.4 Å². The highest BCUT2D eigenvalue weighted by Crippen LogP contribution is 2.38. The van der Waals surface area contributed by atoms with Gasteiger partial charge in [-0.1, -0.05) is 87.3 Å². The summed E-state index contributed by atoms with van der Waals surface area (Å²) in [6, 6.07) is 8.38. The zero-order valence-corrected chi connectivity index (χ0v) is 24.7. The Morgan fingerprint density at radius 2 is 1.08 bits per heavy atom. The van der Waals surface area contributed by atoms with Crippen molar-refractivity contribution in [1.29, 1.82) is 0 Å². The minimum absolute atomic E-state index is 0.0321. The van der Waals surface area contributed by atoms with Crippen LogP contribution in [0.25, 0.3) is 0 Å². The molecule has 4 nitrogen and oxygen atoms in total. The molecule has 1 saturated carbocycles. The third kappa shape index (κ3) is 7.03. The number of nitrogens with zero attached hydrogens (tertiary/aromatic N) is 2. The fourth-order valence-electron chi connectivity index (χ4n) is 5.03. The van der Waals surface area contributed by atoms with Crippen molar-refractivity contribution < 1.29 is 10.2 Å². The molecule has 4 heteroatoms. The van der Waals surface area contributed by atoms with Gasteiger partial charge in [0.1, 0.15) is 11.5 Å². The van der Waals surface area contributed by atoms with E-state index >= 15 is 0 Å². The Bertz CT molecular complexity index is 1170. The average Bonchev–Trinajstić information content (AvgIpc) is 2.77. The quantitative estimate of drug-likeness (QED) is 0.413. The Hall–Kier alpha value is -2.62. The molecule has 0 bridgehead atoms. The zero-order chi connectivity index (χ0) is 27.8.